The van der Waals surface area contributed by atoms with Crippen molar-refractivity contribution in [3.63, 3.8) is 0 Å². The highest BCUT2D eigenvalue weighted by Crippen LogP contribution is 2.38. The predicted octanol–water partition coefficient (Wildman–Crippen LogP) is 3.07. The van der Waals surface area contributed by atoms with Crippen molar-refractivity contribution in [1.29, 1.82) is 0 Å². The van der Waals surface area contributed by atoms with E-state index in [1.165, 1.54) is 12.1 Å². The lowest BCUT2D eigenvalue weighted by molar-refractivity contribution is 0.0685. The minimum Gasteiger partial charge on any atom is -0.478 e. The van der Waals surface area contributed by atoms with Gasteiger partial charge in [0, 0.05) is 12.1 Å². The number of aromatic carboxylic acids is 2. The summed E-state index contributed by atoms with van der Waals surface area (Å²) in [6.07, 6.45) is 2.27. The Hall–Kier alpha value is -1.80. The van der Waals surface area contributed by atoms with E-state index in [1.807, 2.05) is 0 Å². The Balaban J connectivity index is 1.97. The summed E-state index contributed by atoms with van der Waals surface area (Å²) in [6.45, 7) is 0. The maximum atomic E-state index is 10.6. The normalized spacial score (nSPS) is 10.4. The van der Waals surface area contributed by atoms with Crippen molar-refractivity contribution in [2.45, 2.75) is 10.2 Å². The van der Waals surface area contributed by atoms with Crippen molar-refractivity contribution in [1.82, 2.24) is 0 Å². The molecule has 0 unspecified atom stereocenters. The van der Waals surface area contributed by atoms with Crippen molar-refractivity contribution >= 4 is 33.5 Å². The largest absolute Gasteiger partial charge is 0.478 e. The third kappa shape index (κ3) is 2.90. The summed E-state index contributed by atoms with van der Waals surface area (Å²) < 4.78 is 10.0. The first-order chi connectivity index (χ1) is 8.56. The standard InChI is InChI=1S/C10H6O6S2/c11-9(12)5-1-7(15-3-5)17-18-8-2-6(4-16-8)10(13)14/h1-4H,(H,11,12)(H,13,14). The van der Waals surface area contributed by atoms with Crippen LogP contribution in [0.15, 0.2) is 43.7 Å². The molecule has 2 heterocycles. The van der Waals surface area contributed by atoms with Gasteiger partial charge in [-0.1, -0.05) is 0 Å². The van der Waals surface area contributed by atoms with Gasteiger partial charge in [0.2, 0.25) is 0 Å². The molecule has 0 fully saturated rings. The fourth-order valence-electron chi connectivity index (χ4n) is 1.03. The van der Waals surface area contributed by atoms with Crippen LogP contribution in [0.25, 0.3) is 0 Å². The van der Waals surface area contributed by atoms with Crippen molar-refractivity contribution < 1.29 is 28.6 Å². The van der Waals surface area contributed by atoms with Crippen molar-refractivity contribution in [3.05, 3.63) is 35.8 Å². The molecule has 8 heteroatoms. The third-order valence-electron chi connectivity index (χ3n) is 1.85. The average molecular weight is 286 g/mol. The Morgan fingerprint density at radius 1 is 0.889 bits per heavy atom. The highest BCUT2D eigenvalue weighted by atomic mass is 33.1. The van der Waals surface area contributed by atoms with Crippen LogP contribution in [-0.2, 0) is 0 Å². The summed E-state index contributed by atoms with van der Waals surface area (Å²) in [6, 6.07) is 2.75. The lowest BCUT2D eigenvalue weighted by Gasteiger charge is -1.91. The van der Waals surface area contributed by atoms with Crippen LogP contribution in [0.2, 0.25) is 0 Å². The van der Waals surface area contributed by atoms with Gasteiger partial charge in [-0.05, 0) is 21.6 Å². The predicted molar refractivity (Wildman–Crippen MR) is 63.0 cm³/mol. The first-order valence-electron chi connectivity index (χ1n) is 4.54. The fourth-order valence-corrected chi connectivity index (χ4v) is 2.73. The first kappa shape index (κ1) is 12.7. The SMILES string of the molecule is O=C(O)c1coc(SSc2cc(C(=O)O)co2)c1. The van der Waals surface area contributed by atoms with Crippen LogP contribution in [-0.4, -0.2) is 22.2 Å². The summed E-state index contributed by atoms with van der Waals surface area (Å²) >= 11 is 0. The smallest absolute Gasteiger partial charge is 0.339 e. The zero-order valence-electron chi connectivity index (χ0n) is 8.65. The van der Waals surface area contributed by atoms with E-state index >= 15 is 0 Å². The Kier molecular flexibility index (Phi) is 3.68. The fraction of sp³-hybridized carbons (Fsp3) is 0. The summed E-state index contributed by atoms with van der Waals surface area (Å²) in [5.74, 6) is -2.14. The topological polar surface area (TPSA) is 101 Å². The Morgan fingerprint density at radius 3 is 1.56 bits per heavy atom. The average Bonchev–Trinajstić information content (AvgIpc) is 2.95. The highest BCUT2D eigenvalue weighted by Gasteiger charge is 2.12. The van der Waals surface area contributed by atoms with Crippen LogP contribution in [0.3, 0.4) is 0 Å². The molecule has 2 aromatic rings. The van der Waals surface area contributed by atoms with E-state index < -0.39 is 11.9 Å². The molecule has 0 aliphatic carbocycles. The van der Waals surface area contributed by atoms with Gasteiger partial charge in [0.25, 0.3) is 0 Å². The summed E-state index contributed by atoms with van der Waals surface area (Å²) in [5.41, 5.74) is 0.118. The van der Waals surface area contributed by atoms with Crippen LogP contribution >= 0.6 is 21.6 Å². The van der Waals surface area contributed by atoms with Gasteiger partial charge in [-0.15, -0.1) is 0 Å². The molecule has 0 saturated heterocycles. The molecule has 2 rings (SSSR count). The van der Waals surface area contributed by atoms with Crippen molar-refractivity contribution in [3.8, 4) is 0 Å². The quantitative estimate of drug-likeness (QED) is 0.809. The monoisotopic (exact) mass is 286 g/mol. The molecule has 0 amide bonds. The molecular formula is C10H6O6S2. The molecule has 0 radical (unpaired) electrons. The van der Waals surface area contributed by atoms with Crippen LogP contribution in [0.5, 0.6) is 0 Å². The van der Waals surface area contributed by atoms with E-state index in [9.17, 15) is 9.59 Å². The molecule has 0 aliphatic heterocycles. The highest BCUT2D eigenvalue weighted by molar-refractivity contribution is 8.76. The van der Waals surface area contributed by atoms with E-state index in [0.717, 1.165) is 34.1 Å². The maximum Gasteiger partial charge on any atom is 0.339 e. The van der Waals surface area contributed by atoms with Crippen LogP contribution in [0.4, 0.5) is 0 Å². The lowest BCUT2D eigenvalue weighted by atomic mass is 10.4. The van der Waals surface area contributed by atoms with E-state index in [-0.39, 0.29) is 11.1 Å². The van der Waals surface area contributed by atoms with Gasteiger partial charge in [0.15, 0.2) is 10.2 Å². The number of carboxylic acid groups (broad SMARTS) is 2. The van der Waals surface area contributed by atoms with Crippen molar-refractivity contribution in [2.24, 2.45) is 0 Å². The second-order valence-electron chi connectivity index (χ2n) is 3.09. The van der Waals surface area contributed by atoms with E-state index in [2.05, 4.69) is 0 Å². The summed E-state index contributed by atoms with van der Waals surface area (Å²) in [5, 5.41) is 18.2. The summed E-state index contributed by atoms with van der Waals surface area (Å²) in [4.78, 5) is 21.2. The number of carbonyl (C=O) groups is 2. The summed E-state index contributed by atoms with van der Waals surface area (Å²) in [7, 11) is 2.27. The number of hydrogen-bond acceptors (Lipinski definition) is 6. The molecule has 2 N–H and O–H groups in total. The lowest BCUT2D eigenvalue weighted by Crippen LogP contribution is -1.91. The second kappa shape index (κ2) is 5.23. The molecule has 18 heavy (non-hydrogen) atoms. The Morgan fingerprint density at radius 2 is 1.28 bits per heavy atom. The number of hydrogen-bond donors (Lipinski definition) is 2. The molecule has 0 spiro atoms. The minimum atomic E-state index is -1.07. The van der Waals surface area contributed by atoms with Gasteiger partial charge >= 0.3 is 11.9 Å². The molecular weight excluding hydrogens is 280 g/mol. The number of carboxylic acids is 2. The molecule has 0 saturated carbocycles. The van der Waals surface area contributed by atoms with Gasteiger partial charge in [0.1, 0.15) is 12.5 Å². The molecule has 6 nitrogen and oxygen atoms in total. The van der Waals surface area contributed by atoms with Gasteiger partial charge in [-0.2, -0.15) is 0 Å². The van der Waals surface area contributed by atoms with Crippen molar-refractivity contribution in [2.75, 3.05) is 0 Å². The maximum absolute atomic E-state index is 10.6. The molecule has 0 aliphatic rings. The zero-order chi connectivity index (χ0) is 13.1. The molecule has 2 aromatic heterocycles. The number of furan rings is 2. The molecule has 0 aromatic carbocycles. The third-order valence-corrected chi connectivity index (χ3v) is 3.93. The van der Waals surface area contributed by atoms with Crippen LogP contribution < -0.4 is 0 Å². The van der Waals surface area contributed by atoms with E-state index in [1.54, 1.807) is 0 Å². The molecule has 0 bridgehead atoms. The number of rotatable bonds is 5. The zero-order valence-corrected chi connectivity index (χ0v) is 10.3. The van der Waals surface area contributed by atoms with E-state index in [0.29, 0.717) is 10.2 Å². The van der Waals surface area contributed by atoms with Gasteiger partial charge < -0.3 is 19.0 Å². The van der Waals surface area contributed by atoms with Crippen LogP contribution in [0.1, 0.15) is 20.7 Å². The molecule has 94 valence electrons. The second-order valence-corrected chi connectivity index (χ2v) is 5.22. The van der Waals surface area contributed by atoms with E-state index in [4.69, 9.17) is 19.0 Å². The van der Waals surface area contributed by atoms with Crippen LogP contribution in [0, 0.1) is 0 Å². The van der Waals surface area contributed by atoms with Gasteiger partial charge in [0.05, 0.1) is 11.1 Å². The Bertz CT molecular complexity index is 532. The minimum absolute atomic E-state index is 0.0590. The first-order valence-corrected chi connectivity index (χ1v) is 6.69. The Labute approximate surface area is 108 Å². The molecule has 0 atom stereocenters. The van der Waals surface area contributed by atoms with Gasteiger partial charge in [-0.25, -0.2) is 9.59 Å². The van der Waals surface area contributed by atoms with Gasteiger partial charge in [-0.3, -0.25) is 0 Å².